The third kappa shape index (κ3) is 3.71. The Morgan fingerprint density at radius 2 is 1.85 bits per heavy atom. The lowest BCUT2D eigenvalue weighted by Crippen LogP contribution is -2.54. The van der Waals surface area contributed by atoms with Gasteiger partial charge in [0.05, 0.1) is 11.1 Å². The van der Waals surface area contributed by atoms with Crippen molar-refractivity contribution in [3.05, 3.63) is 29.3 Å². The van der Waals surface area contributed by atoms with Gasteiger partial charge in [0.1, 0.15) is 6.04 Å². The number of fused-ring (bicyclic) bond motifs is 1. The van der Waals surface area contributed by atoms with Gasteiger partial charge in [-0.05, 0) is 44.0 Å². The fraction of sp³-hybridized carbons (Fsp3) is 0.412. The van der Waals surface area contributed by atoms with Gasteiger partial charge in [0.2, 0.25) is 11.8 Å². The van der Waals surface area contributed by atoms with Gasteiger partial charge in [-0.2, -0.15) is 0 Å². The Morgan fingerprint density at radius 3 is 2.54 bits per heavy atom. The molecular formula is C17H21ClN4O4. The van der Waals surface area contributed by atoms with Crippen LogP contribution in [0.3, 0.4) is 0 Å². The molecule has 9 heteroatoms. The van der Waals surface area contributed by atoms with Crippen LogP contribution in [0.15, 0.2) is 18.2 Å². The summed E-state index contributed by atoms with van der Waals surface area (Å²) in [6.45, 7) is 1.34. The maximum absolute atomic E-state index is 12.7. The first-order chi connectivity index (χ1) is 12.0. The number of anilines is 1. The lowest BCUT2D eigenvalue weighted by molar-refractivity contribution is -0.136. The number of halogens is 1. The summed E-state index contributed by atoms with van der Waals surface area (Å²) in [5.41, 5.74) is 6.75. The van der Waals surface area contributed by atoms with E-state index >= 15 is 0 Å². The molecule has 1 aromatic carbocycles. The van der Waals surface area contributed by atoms with Crippen LogP contribution >= 0.6 is 12.4 Å². The molecule has 0 aliphatic carbocycles. The molecule has 2 aliphatic heterocycles. The minimum atomic E-state index is -0.939. The lowest BCUT2D eigenvalue weighted by atomic mass is 10.0. The first kappa shape index (κ1) is 19.9. The SMILES string of the molecule is Cl.NCCCCNc1ccc2c(c1)C(=O)N(C1CCC(=O)NC1=O)C2=O. The largest absolute Gasteiger partial charge is 0.385 e. The molecule has 0 bridgehead atoms. The van der Waals surface area contributed by atoms with Crippen molar-refractivity contribution in [1.29, 1.82) is 0 Å². The number of amides is 4. The summed E-state index contributed by atoms with van der Waals surface area (Å²) in [6.07, 6.45) is 2.07. The van der Waals surface area contributed by atoms with Crippen molar-refractivity contribution in [1.82, 2.24) is 10.2 Å². The summed E-state index contributed by atoms with van der Waals surface area (Å²) >= 11 is 0. The number of nitrogens with one attached hydrogen (secondary N) is 2. The maximum atomic E-state index is 12.7. The van der Waals surface area contributed by atoms with E-state index in [1.54, 1.807) is 18.2 Å². The molecule has 0 aromatic heterocycles. The molecule has 1 aromatic rings. The summed E-state index contributed by atoms with van der Waals surface area (Å²) in [7, 11) is 0. The van der Waals surface area contributed by atoms with E-state index < -0.39 is 23.8 Å². The molecule has 0 spiro atoms. The molecule has 3 rings (SSSR count). The number of rotatable bonds is 6. The molecular weight excluding hydrogens is 360 g/mol. The Hall–Kier alpha value is -2.45. The second-order valence-corrected chi connectivity index (χ2v) is 6.13. The lowest BCUT2D eigenvalue weighted by Gasteiger charge is -2.27. The predicted molar refractivity (Wildman–Crippen MR) is 97.1 cm³/mol. The zero-order valence-electron chi connectivity index (χ0n) is 14.1. The zero-order valence-corrected chi connectivity index (χ0v) is 14.9. The minimum absolute atomic E-state index is 0. The fourth-order valence-electron chi connectivity index (χ4n) is 3.08. The van der Waals surface area contributed by atoms with Crippen LogP contribution in [0, 0.1) is 0 Å². The van der Waals surface area contributed by atoms with Crippen LogP contribution in [-0.4, -0.2) is 47.7 Å². The highest BCUT2D eigenvalue weighted by atomic mass is 35.5. The monoisotopic (exact) mass is 380 g/mol. The van der Waals surface area contributed by atoms with Crippen LogP contribution in [0.5, 0.6) is 0 Å². The Kier molecular flexibility index (Phi) is 6.33. The molecule has 8 nitrogen and oxygen atoms in total. The van der Waals surface area contributed by atoms with E-state index in [1.807, 2.05) is 0 Å². The number of hydrogen-bond donors (Lipinski definition) is 3. The van der Waals surface area contributed by atoms with Crippen molar-refractivity contribution in [2.45, 2.75) is 31.7 Å². The third-order valence-electron chi connectivity index (χ3n) is 4.40. The van der Waals surface area contributed by atoms with E-state index in [0.29, 0.717) is 6.54 Å². The smallest absolute Gasteiger partial charge is 0.262 e. The summed E-state index contributed by atoms with van der Waals surface area (Å²) in [4.78, 5) is 49.4. The maximum Gasteiger partial charge on any atom is 0.262 e. The molecule has 2 heterocycles. The second kappa shape index (κ2) is 8.29. The van der Waals surface area contributed by atoms with Crippen LogP contribution in [0.2, 0.25) is 0 Å². The number of nitrogens with two attached hydrogens (primary N) is 1. The third-order valence-corrected chi connectivity index (χ3v) is 4.40. The highest BCUT2D eigenvalue weighted by molar-refractivity contribution is 6.23. The molecule has 1 saturated heterocycles. The fourth-order valence-corrected chi connectivity index (χ4v) is 3.08. The number of unbranched alkanes of at least 4 members (excludes halogenated alkanes) is 1. The Morgan fingerprint density at radius 1 is 1.12 bits per heavy atom. The number of imide groups is 2. The number of benzene rings is 1. The Balaban J connectivity index is 0.00000243. The zero-order chi connectivity index (χ0) is 18.0. The van der Waals surface area contributed by atoms with E-state index in [1.165, 1.54) is 0 Å². The standard InChI is InChI=1S/C17H20N4O4.ClH/c18-7-1-2-8-19-10-3-4-11-12(9-10)17(25)21(16(11)24)13-5-6-14(22)20-15(13)23;/h3-4,9,13,19H,1-2,5-8,18H2,(H,20,22,23);1H. The van der Waals surface area contributed by atoms with Gasteiger partial charge in [0, 0.05) is 18.7 Å². The van der Waals surface area contributed by atoms with Crippen LogP contribution in [0.1, 0.15) is 46.4 Å². The van der Waals surface area contributed by atoms with Gasteiger partial charge in [-0.15, -0.1) is 12.4 Å². The van der Waals surface area contributed by atoms with E-state index in [0.717, 1.165) is 30.0 Å². The highest BCUT2D eigenvalue weighted by Gasteiger charge is 2.44. The topological polar surface area (TPSA) is 122 Å². The van der Waals surface area contributed by atoms with Crippen LogP contribution < -0.4 is 16.4 Å². The van der Waals surface area contributed by atoms with Crippen molar-refractivity contribution in [3.8, 4) is 0 Å². The number of piperidine rings is 1. The first-order valence-electron chi connectivity index (χ1n) is 8.32. The molecule has 2 aliphatic rings. The van der Waals surface area contributed by atoms with Gasteiger partial charge in [0.15, 0.2) is 0 Å². The quantitative estimate of drug-likeness (QED) is 0.492. The van der Waals surface area contributed by atoms with E-state index in [4.69, 9.17) is 5.73 Å². The van der Waals surface area contributed by atoms with Crippen molar-refractivity contribution < 1.29 is 19.2 Å². The van der Waals surface area contributed by atoms with E-state index in [9.17, 15) is 19.2 Å². The van der Waals surface area contributed by atoms with Gasteiger partial charge >= 0.3 is 0 Å². The molecule has 4 N–H and O–H groups in total. The molecule has 0 radical (unpaired) electrons. The van der Waals surface area contributed by atoms with Gasteiger partial charge in [0.25, 0.3) is 11.8 Å². The van der Waals surface area contributed by atoms with E-state index in [2.05, 4.69) is 10.6 Å². The van der Waals surface area contributed by atoms with Crippen LogP contribution in [-0.2, 0) is 9.59 Å². The summed E-state index contributed by atoms with van der Waals surface area (Å²) in [5, 5.41) is 5.37. The van der Waals surface area contributed by atoms with Gasteiger partial charge in [-0.25, -0.2) is 0 Å². The van der Waals surface area contributed by atoms with Crippen LogP contribution in [0.25, 0.3) is 0 Å². The predicted octanol–water partition coefficient (Wildman–Crippen LogP) is 0.660. The molecule has 140 valence electrons. The minimum Gasteiger partial charge on any atom is -0.385 e. The van der Waals surface area contributed by atoms with Crippen LogP contribution in [0.4, 0.5) is 5.69 Å². The van der Waals surface area contributed by atoms with Crippen molar-refractivity contribution in [3.63, 3.8) is 0 Å². The van der Waals surface area contributed by atoms with Crippen molar-refractivity contribution in [2.24, 2.45) is 5.73 Å². The first-order valence-corrected chi connectivity index (χ1v) is 8.32. The number of carbonyl (C=O) groups excluding carboxylic acids is 4. The Labute approximate surface area is 156 Å². The number of nitrogens with zero attached hydrogens (tertiary/aromatic N) is 1. The van der Waals surface area contributed by atoms with Gasteiger partial charge in [-0.3, -0.25) is 29.4 Å². The summed E-state index contributed by atoms with van der Waals surface area (Å²) < 4.78 is 0. The second-order valence-electron chi connectivity index (χ2n) is 6.13. The molecule has 1 atom stereocenters. The average Bonchev–Trinajstić information content (AvgIpc) is 2.83. The number of hydrogen-bond acceptors (Lipinski definition) is 6. The normalized spacial score (nSPS) is 19.1. The summed E-state index contributed by atoms with van der Waals surface area (Å²) in [5.74, 6) is -1.99. The molecule has 1 fully saturated rings. The van der Waals surface area contributed by atoms with E-state index in [-0.39, 0.29) is 42.3 Å². The number of carbonyl (C=O) groups is 4. The van der Waals surface area contributed by atoms with Crippen molar-refractivity contribution >= 4 is 41.7 Å². The highest BCUT2D eigenvalue weighted by Crippen LogP contribution is 2.29. The molecule has 0 saturated carbocycles. The molecule has 4 amide bonds. The Bertz CT molecular complexity index is 752. The molecule has 1 unspecified atom stereocenters. The van der Waals surface area contributed by atoms with Gasteiger partial charge < -0.3 is 11.1 Å². The summed E-state index contributed by atoms with van der Waals surface area (Å²) in [6, 6.07) is 4.02. The van der Waals surface area contributed by atoms with Gasteiger partial charge in [-0.1, -0.05) is 0 Å². The van der Waals surface area contributed by atoms with Crippen molar-refractivity contribution in [2.75, 3.05) is 18.4 Å². The average molecular weight is 381 g/mol. The molecule has 26 heavy (non-hydrogen) atoms.